The molecule has 0 radical (unpaired) electrons. The van der Waals surface area contributed by atoms with E-state index in [1.54, 1.807) is 44.2 Å². The second kappa shape index (κ2) is 9.67. The molecule has 3 aromatic rings. The molecule has 0 aliphatic carbocycles. The molecule has 0 bridgehead atoms. The number of nitrogens with zero attached hydrogens (tertiary/aromatic N) is 2. The second-order valence-electron chi connectivity index (χ2n) is 7.68. The van der Waals surface area contributed by atoms with Crippen LogP contribution >= 0.6 is 0 Å². The zero-order valence-electron chi connectivity index (χ0n) is 19.3. The zero-order valence-corrected chi connectivity index (χ0v) is 19.3. The average Bonchev–Trinajstić information content (AvgIpc) is 2.80. The van der Waals surface area contributed by atoms with E-state index in [1.807, 2.05) is 6.92 Å². The number of hydrogen-bond acceptors (Lipinski definition) is 9. The number of carbonyl (C=O) groups is 2. The summed E-state index contributed by atoms with van der Waals surface area (Å²) >= 11 is 0. The van der Waals surface area contributed by atoms with E-state index >= 15 is 0 Å². The summed E-state index contributed by atoms with van der Waals surface area (Å²) in [6, 6.07) is 9.81. The Morgan fingerprint density at radius 2 is 1.94 bits per heavy atom. The number of rotatable bonds is 7. The first-order valence-corrected chi connectivity index (χ1v) is 10.7. The molecule has 0 saturated heterocycles. The average molecular weight is 477 g/mol. The van der Waals surface area contributed by atoms with Crippen molar-refractivity contribution in [1.82, 2.24) is 9.97 Å². The summed E-state index contributed by atoms with van der Waals surface area (Å²) in [5.74, 6) is -0.332. The number of ether oxygens (including phenoxy) is 4. The summed E-state index contributed by atoms with van der Waals surface area (Å²) < 4.78 is 22.4. The summed E-state index contributed by atoms with van der Waals surface area (Å²) in [5.41, 5.74) is 7.99. The molecule has 0 unspecified atom stereocenters. The third-order valence-corrected chi connectivity index (χ3v) is 4.90. The van der Waals surface area contributed by atoms with Gasteiger partial charge in [0, 0.05) is 5.56 Å². The van der Waals surface area contributed by atoms with Gasteiger partial charge in [0.2, 0.25) is 5.88 Å². The fraction of sp³-hybridized carbons (Fsp3) is 0.208. The summed E-state index contributed by atoms with van der Waals surface area (Å²) in [6.45, 7) is 5.33. The van der Waals surface area contributed by atoms with Crippen LogP contribution in [0.15, 0.2) is 36.4 Å². The van der Waals surface area contributed by atoms with Crippen LogP contribution in [-0.4, -0.2) is 40.9 Å². The topological polar surface area (TPSA) is 159 Å². The van der Waals surface area contributed by atoms with Gasteiger partial charge in [0.15, 0.2) is 12.3 Å². The standard InChI is InChI=1S/C24H23N5O6/c1-4-32-23(31)15-7-12(2)8-16(9-15)34-22-19-21(33-11-18(30)27-19)28-24(29-22)35-17-10-14(20(25)26)6-5-13(17)3/h5-10H,4,11H2,1-3H3,(H3,25,26)(H,27,30). The number of carbonyl (C=O) groups excluding carboxylic acids is 2. The van der Waals surface area contributed by atoms with Gasteiger partial charge in [-0.25, -0.2) is 4.79 Å². The molecule has 0 spiro atoms. The van der Waals surface area contributed by atoms with Crippen molar-refractivity contribution >= 4 is 23.4 Å². The maximum absolute atomic E-state index is 12.2. The molecule has 0 atom stereocenters. The van der Waals surface area contributed by atoms with Crippen molar-refractivity contribution in [3.05, 3.63) is 58.7 Å². The molecule has 4 N–H and O–H groups in total. The largest absolute Gasteiger partial charge is 0.466 e. The summed E-state index contributed by atoms with van der Waals surface area (Å²) in [5, 5.41) is 10.3. The lowest BCUT2D eigenvalue weighted by molar-refractivity contribution is -0.118. The number of esters is 1. The van der Waals surface area contributed by atoms with Gasteiger partial charge in [-0.3, -0.25) is 10.2 Å². The zero-order chi connectivity index (χ0) is 25.1. The van der Waals surface area contributed by atoms with E-state index in [9.17, 15) is 9.59 Å². The van der Waals surface area contributed by atoms with Crippen molar-refractivity contribution in [2.45, 2.75) is 20.8 Å². The molecule has 11 nitrogen and oxygen atoms in total. The van der Waals surface area contributed by atoms with E-state index in [0.29, 0.717) is 16.9 Å². The monoisotopic (exact) mass is 477 g/mol. The molecule has 2 aromatic carbocycles. The fourth-order valence-corrected chi connectivity index (χ4v) is 3.27. The van der Waals surface area contributed by atoms with E-state index in [0.717, 1.165) is 11.1 Å². The number of nitrogens with one attached hydrogen (secondary N) is 2. The number of aromatic nitrogens is 2. The van der Waals surface area contributed by atoms with Gasteiger partial charge in [-0.1, -0.05) is 12.1 Å². The van der Waals surface area contributed by atoms with Gasteiger partial charge in [-0.2, -0.15) is 9.97 Å². The molecule has 11 heteroatoms. The van der Waals surface area contributed by atoms with Crippen molar-refractivity contribution in [3.8, 4) is 29.3 Å². The highest BCUT2D eigenvalue weighted by atomic mass is 16.5. The third kappa shape index (κ3) is 5.29. The van der Waals surface area contributed by atoms with Crippen molar-refractivity contribution in [2.75, 3.05) is 18.5 Å². The first-order chi connectivity index (χ1) is 16.7. The van der Waals surface area contributed by atoms with Crippen LogP contribution in [0, 0.1) is 19.3 Å². The molecule has 0 fully saturated rings. The number of nitrogens with two attached hydrogens (primary N) is 1. The number of nitrogen functional groups attached to an aromatic ring is 1. The van der Waals surface area contributed by atoms with Crippen LogP contribution in [0.5, 0.6) is 29.3 Å². The van der Waals surface area contributed by atoms with Crippen LogP contribution in [-0.2, 0) is 9.53 Å². The van der Waals surface area contributed by atoms with E-state index in [1.165, 1.54) is 6.07 Å². The Bertz CT molecular complexity index is 1340. The minimum atomic E-state index is -0.493. The first kappa shape index (κ1) is 23.5. The summed E-state index contributed by atoms with van der Waals surface area (Å²) in [4.78, 5) is 32.7. The van der Waals surface area contributed by atoms with Crippen molar-refractivity contribution in [3.63, 3.8) is 0 Å². The number of amides is 1. The normalized spacial score (nSPS) is 12.1. The van der Waals surface area contributed by atoms with Gasteiger partial charge in [0.05, 0.1) is 12.2 Å². The van der Waals surface area contributed by atoms with E-state index in [-0.39, 0.29) is 48.3 Å². The Morgan fingerprint density at radius 1 is 1.14 bits per heavy atom. The molecule has 180 valence electrons. The Labute approximate surface area is 200 Å². The van der Waals surface area contributed by atoms with Crippen molar-refractivity contribution in [1.29, 1.82) is 5.41 Å². The number of amidine groups is 1. The second-order valence-corrected chi connectivity index (χ2v) is 7.68. The molecule has 1 amide bonds. The van der Waals surface area contributed by atoms with Crippen molar-refractivity contribution < 1.29 is 28.5 Å². The predicted molar refractivity (Wildman–Crippen MR) is 126 cm³/mol. The van der Waals surface area contributed by atoms with Crippen LogP contribution in [0.3, 0.4) is 0 Å². The van der Waals surface area contributed by atoms with Gasteiger partial charge in [-0.15, -0.1) is 0 Å². The number of aryl methyl sites for hydroxylation is 2. The van der Waals surface area contributed by atoms with Gasteiger partial charge in [0.1, 0.15) is 17.3 Å². The molecule has 1 aliphatic rings. The first-order valence-electron chi connectivity index (χ1n) is 10.7. The maximum Gasteiger partial charge on any atom is 0.338 e. The Hall–Kier alpha value is -4.67. The van der Waals surface area contributed by atoms with Crippen LogP contribution in [0.1, 0.15) is 34.0 Å². The van der Waals surface area contributed by atoms with E-state index in [2.05, 4.69) is 15.3 Å². The number of anilines is 1. The molecule has 0 saturated carbocycles. The lowest BCUT2D eigenvalue weighted by Gasteiger charge is -2.20. The molecule has 4 rings (SSSR count). The highest BCUT2D eigenvalue weighted by Gasteiger charge is 2.26. The smallest absolute Gasteiger partial charge is 0.338 e. The van der Waals surface area contributed by atoms with Crippen LogP contribution in [0.2, 0.25) is 0 Å². The quantitative estimate of drug-likeness (QED) is 0.263. The molecular weight excluding hydrogens is 454 g/mol. The molecular formula is C24H23N5O6. The SMILES string of the molecule is CCOC(=O)c1cc(C)cc(Oc2nc(Oc3cc(C(=N)N)ccc3C)nc3c2NC(=O)CO3)c1. The van der Waals surface area contributed by atoms with Crippen LogP contribution in [0.25, 0.3) is 0 Å². The van der Waals surface area contributed by atoms with Crippen molar-refractivity contribution in [2.24, 2.45) is 5.73 Å². The van der Waals surface area contributed by atoms with Crippen LogP contribution < -0.4 is 25.3 Å². The predicted octanol–water partition coefficient (Wildman–Crippen LogP) is 3.47. The number of fused-ring (bicyclic) bond motifs is 1. The molecule has 35 heavy (non-hydrogen) atoms. The van der Waals surface area contributed by atoms with E-state index < -0.39 is 11.9 Å². The minimum absolute atomic E-state index is 0.0427. The van der Waals surface area contributed by atoms with Gasteiger partial charge in [-0.05, 0) is 56.2 Å². The minimum Gasteiger partial charge on any atom is -0.466 e. The maximum atomic E-state index is 12.2. The fourth-order valence-electron chi connectivity index (χ4n) is 3.27. The lowest BCUT2D eigenvalue weighted by atomic mass is 10.1. The Balaban J connectivity index is 1.73. The Morgan fingerprint density at radius 3 is 2.69 bits per heavy atom. The molecule has 1 aliphatic heterocycles. The Kier molecular flexibility index (Phi) is 6.49. The van der Waals surface area contributed by atoms with E-state index in [4.69, 9.17) is 30.1 Å². The lowest BCUT2D eigenvalue weighted by Crippen LogP contribution is -2.26. The summed E-state index contributed by atoms with van der Waals surface area (Å²) in [7, 11) is 0. The number of hydrogen-bond donors (Lipinski definition) is 3. The highest BCUT2D eigenvalue weighted by molar-refractivity contribution is 5.96. The highest BCUT2D eigenvalue weighted by Crippen LogP contribution is 2.39. The van der Waals surface area contributed by atoms with Gasteiger partial charge < -0.3 is 30.0 Å². The third-order valence-electron chi connectivity index (χ3n) is 4.90. The molecule has 1 aromatic heterocycles. The van der Waals surface area contributed by atoms with Gasteiger partial charge >= 0.3 is 12.0 Å². The van der Waals surface area contributed by atoms with Gasteiger partial charge in [0.25, 0.3) is 11.8 Å². The number of benzene rings is 2. The summed E-state index contributed by atoms with van der Waals surface area (Å²) in [6.07, 6.45) is 0. The molecule has 2 heterocycles. The van der Waals surface area contributed by atoms with Crippen LogP contribution in [0.4, 0.5) is 5.69 Å².